The number of morpholine rings is 1. The van der Waals surface area contributed by atoms with Crippen molar-refractivity contribution >= 4 is 17.3 Å². The van der Waals surface area contributed by atoms with E-state index in [1.165, 1.54) is 0 Å². The Balaban J connectivity index is 2.07. The summed E-state index contributed by atoms with van der Waals surface area (Å²) >= 11 is 5.89. The van der Waals surface area contributed by atoms with E-state index in [4.69, 9.17) is 27.2 Å². The molecule has 0 aromatic heterocycles. The van der Waals surface area contributed by atoms with Crippen molar-refractivity contribution in [3.63, 3.8) is 0 Å². The van der Waals surface area contributed by atoms with Crippen molar-refractivity contribution < 1.29 is 9.84 Å². The Morgan fingerprint density at radius 1 is 1.56 bits per heavy atom. The van der Waals surface area contributed by atoms with Crippen LogP contribution in [0.25, 0.3) is 0 Å². The molecule has 1 aromatic carbocycles. The average molecular weight is 271 g/mol. The van der Waals surface area contributed by atoms with Gasteiger partial charge in [-0.25, -0.2) is 0 Å². The van der Waals surface area contributed by atoms with E-state index in [9.17, 15) is 0 Å². The van der Waals surface area contributed by atoms with Crippen LogP contribution in [0.2, 0.25) is 5.02 Å². The van der Waals surface area contributed by atoms with Gasteiger partial charge < -0.3 is 15.6 Å². The molecule has 0 amide bonds. The van der Waals surface area contributed by atoms with Gasteiger partial charge >= 0.3 is 0 Å². The number of aliphatic hydroxyl groups is 1. The van der Waals surface area contributed by atoms with Crippen molar-refractivity contribution in [3.8, 4) is 0 Å². The van der Waals surface area contributed by atoms with Gasteiger partial charge in [0, 0.05) is 29.8 Å². The first kappa shape index (κ1) is 13.6. The molecule has 18 heavy (non-hydrogen) atoms. The van der Waals surface area contributed by atoms with Gasteiger partial charge in [-0.2, -0.15) is 0 Å². The highest BCUT2D eigenvalue weighted by atomic mass is 35.5. The summed E-state index contributed by atoms with van der Waals surface area (Å²) in [4.78, 5) is 2.27. The third-order valence-electron chi connectivity index (χ3n) is 3.32. The highest BCUT2D eigenvalue weighted by Crippen LogP contribution is 2.22. The second kappa shape index (κ2) is 5.89. The molecule has 1 aliphatic rings. The molecule has 1 heterocycles. The van der Waals surface area contributed by atoms with Gasteiger partial charge in [0.1, 0.15) is 0 Å². The van der Waals surface area contributed by atoms with Crippen molar-refractivity contribution in [1.29, 1.82) is 0 Å². The van der Waals surface area contributed by atoms with Crippen LogP contribution < -0.4 is 5.73 Å². The Morgan fingerprint density at radius 2 is 2.33 bits per heavy atom. The summed E-state index contributed by atoms with van der Waals surface area (Å²) in [6.07, 6.45) is -0.102. The average Bonchev–Trinajstić information content (AvgIpc) is 2.35. The predicted molar refractivity (Wildman–Crippen MR) is 72.6 cm³/mol. The summed E-state index contributed by atoms with van der Waals surface area (Å²) in [5.41, 5.74) is 7.73. The summed E-state index contributed by atoms with van der Waals surface area (Å²) in [6.45, 7) is 4.28. The van der Waals surface area contributed by atoms with E-state index in [1.807, 2.05) is 12.1 Å². The highest BCUT2D eigenvalue weighted by Gasteiger charge is 2.25. The predicted octanol–water partition coefficient (Wildman–Crippen LogP) is 1.50. The van der Waals surface area contributed by atoms with Crippen LogP contribution in [0, 0.1) is 0 Å². The Labute approximate surface area is 112 Å². The topological polar surface area (TPSA) is 58.7 Å². The minimum absolute atomic E-state index is 0.0549. The van der Waals surface area contributed by atoms with Gasteiger partial charge in [0.15, 0.2) is 0 Å². The summed E-state index contributed by atoms with van der Waals surface area (Å²) in [5.74, 6) is 0. The number of nitrogens with zero attached hydrogens (tertiary/aromatic N) is 1. The van der Waals surface area contributed by atoms with Gasteiger partial charge in [-0.15, -0.1) is 0 Å². The van der Waals surface area contributed by atoms with Gasteiger partial charge in [-0.3, -0.25) is 4.90 Å². The van der Waals surface area contributed by atoms with Gasteiger partial charge in [0.2, 0.25) is 0 Å². The number of rotatable bonds is 3. The SMILES string of the molecule is CC1COC(CO)CN1Cc1ccc(Cl)cc1N. The largest absolute Gasteiger partial charge is 0.398 e. The molecule has 0 aliphatic carbocycles. The monoisotopic (exact) mass is 270 g/mol. The van der Waals surface area contributed by atoms with E-state index in [2.05, 4.69) is 11.8 Å². The molecule has 4 nitrogen and oxygen atoms in total. The number of nitrogens with two attached hydrogens (primary N) is 1. The van der Waals surface area contributed by atoms with E-state index in [0.29, 0.717) is 23.4 Å². The zero-order chi connectivity index (χ0) is 13.1. The number of hydrogen-bond donors (Lipinski definition) is 2. The molecule has 100 valence electrons. The van der Waals surface area contributed by atoms with E-state index in [1.54, 1.807) is 6.07 Å². The van der Waals surface area contributed by atoms with Crippen LogP contribution in [0.1, 0.15) is 12.5 Å². The standard InChI is InChI=1S/C13H19ClN2O2/c1-9-8-18-12(7-17)6-16(9)5-10-2-3-11(14)4-13(10)15/h2-4,9,12,17H,5-8,15H2,1H3. The number of nitrogen functional groups attached to an aromatic ring is 1. The first-order valence-electron chi connectivity index (χ1n) is 6.10. The second-order valence-electron chi connectivity index (χ2n) is 4.76. The van der Waals surface area contributed by atoms with Crippen molar-refractivity contribution in [3.05, 3.63) is 28.8 Å². The molecule has 0 radical (unpaired) electrons. The number of aliphatic hydroxyl groups excluding tert-OH is 1. The fourth-order valence-electron chi connectivity index (χ4n) is 2.13. The first-order chi connectivity index (χ1) is 8.60. The molecule has 3 N–H and O–H groups in total. The number of anilines is 1. The van der Waals surface area contributed by atoms with Gasteiger partial charge in [-0.05, 0) is 24.6 Å². The van der Waals surface area contributed by atoms with Crippen molar-refractivity contribution in [2.24, 2.45) is 0 Å². The van der Waals surface area contributed by atoms with Crippen molar-refractivity contribution in [2.45, 2.75) is 25.6 Å². The molecule has 1 aliphatic heterocycles. The van der Waals surface area contributed by atoms with Crippen LogP contribution in [0.5, 0.6) is 0 Å². The maximum Gasteiger partial charge on any atom is 0.0933 e. The van der Waals surface area contributed by atoms with E-state index in [-0.39, 0.29) is 12.7 Å². The zero-order valence-electron chi connectivity index (χ0n) is 10.5. The minimum Gasteiger partial charge on any atom is -0.398 e. The van der Waals surface area contributed by atoms with Crippen LogP contribution in [-0.2, 0) is 11.3 Å². The molecule has 1 saturated heterocycles. The Kier molecular flexibility index (Phi) is 4.45. The fourth-order valence-corrected chi connectivity index (χ4v) is 2.31. The molecule has 2 unspecified atom stereocenters. The fraction of sp³-hybridized carbons (Fsp3) is 0.538. The van der Waals surface area contributed by atoms with Crippen LogP contribution >= 0.6 is 11.6 Å². The molecule has 0 spiro atoms. The molecule has 0 bridgehead atoms. The summed E-state index contributed by atoms with van der Waals surface area (Å²) < 4.78 is 5.51. The third kappa shape index (κ3) is 3.14. The normalized spacial score (nSPS) is 25.3. The van der Waals surface area contributed by atoms with Gasteiger partial charge in [-0.1, -0.05) is 17.7 Å². The van der Waals surface area contributed by atoms with Crippen LogP contribution in [-0.4, -0.2) is 41.9 Å². The van der Waals surface area contributed by atoms with E-state index in [0.717, 1.165) is 18.7 Å². The lowest BCUT2D eigenvalue weighted by molar-refractivity contribution is -0.0805. The smallest absolute Gasteiger partial charge is 0.0933 e. The molecule has 1 fully saturated rings. The Bertz CT molecular complexity index is 414. The van der Waals surface area contributed by atoms with Crippen molar-refractivity contribution in [2.75, 3.05) is 25.5 Å². The minimum atomic E-state index is -0.102. The lowest BCUT2D eigenvalue weighted by atomic mass is 10.1. The zero-order valence-corrected chi connectivity index (χ0v) is 11.2. The quantitative estimate of drug-likeness (QED) is 0.818. The van der Waals surface area contributed by atoms with Gasteiger partial charge in [0.25, 0.3) is 0 Å². The summed E-state index contributed by atoms with van der Waals surface area (Å²) in [6, 6.07) is 5.89. The Morgan fingerprint density at radius 3 is 3.00 bits per heavy atom. The Hall–Kier alpha value is -0.810. The summed E-state index contributed by atoms with van der Waals surface area (Å²) in [7, 11) is 0. The highest BCUT2D eigenvalue weighted by molar-refractivity contribution is 6.30. The van der Waals surface area contributed by atoms with Crippen LogP contribution in [0.3, 0.4) is 0 Å². The maximum absolute atomic E-state index is 9.16. The second-order valence-corrected chi connectivity index (χ2v) is 5.20. The number of ether oxygens (including phenoxy) is 1. The lowest BCUT2D eigenvalue weighted by Gasteiger charge is -2.37. The first-order valence-corrected chi connectivity index (χ1v) is 6.48. The molecule has 0 saturated carbocycles. The van der Waals surface area contributed by atoms with E-state index >= 15 is 0 Å². The molecular weight excluding hydrogens is 252 g/mol. The molecule has 1 aromatic rings. The third-order valence-corrected chi connectivity index (χ3v) is 3.55. The molecule has 2 atom stereocenters. The van der Waals surface area contributed by atoms with Crippen LogP contribution in [0.4, 0.5) is 5.69 Å². The van der Waals surface area contributed by atoms with E-state index < -0.39 is 0 Å². The lowest BCUT2D eigenvalue weighted by Crippen LogP contribution is -2.48. The van der Waals surface area contributed by atoms with Crippen LogP contribution in [0.15, 0.2) is 18.2 Å². The number of halogens is 1. The molecular formula is C13H19ClN2O2. The summed E-state index contributed by atoms with van der Waals surface area (Å²) in [5, 5.41) is 9.81. The van der Waals surface area contributed by atoms with Gasteiger partial charge in [0.05, 0.1) is 19.3 Å². The molecule has 5 heteroatoms. The molecule has 2 rings (SSSR count). The number of hydrogen-bond acceptors (Lipinski definition) is 4. The maximum atomic E-state index is 9.16. The number of benzene rings is 1. The van der Waals surface area contributed by atoms with Crippen molar-refractivity contribution in [1.82, 2.24) is 4.90 Å².